The van der Waals surface area contributed by atoms with Crippen LogP contribution in [-0.2, 0) is 16.3 Å². The zero-order valence-corrected chi connectivity index (χ0v) is 7.92. The second-order valence-corrected chi connectivity index (χ2v) is 4.45. The normalized spacial score (nSPS) is 21.4. The lowest BCUT2D eigenvalue weighted by Crippen LogP contribution is -2.35. The highest BCUT2D eigenvalue weighted by Gasteiger charge is 2.25. The van der Waals surface area contributed by atoms with Crippen molar-refractivity contribution in [1.29, 1.82) is 0 Å². The van der Waals surface area contributed by atoms with Crippen LogP contribution < -0.4 is 4.90 Å². The molecule has 0 amide bonds. The molecule has 0 saturated heterocycles. The molecule has 1 aromatic rings. The first-order chi connectivity index (χ1) is 6.33. The Morgan fingerprint density at radius 2 is 2.23 bits per heavy atom. The molecule has 0 bridgehead atoms. The molecule has 1 radical (unpaired) electrons. The van der Waals surface area contributed by atoms with E-state index in [1.165, 1.54) is 0 Å². The predicted octanol–water partition coefficient (Wildman–Crippen LogP) is 1.00. The molecule has 1 atom stereocenters. The summed E-state index contributed by atoms with van der Waals surface area (Å²) in [6.45, 7) is 0.349. The number of hydrogen-bond acceptors (Lipinski definition) is 2. The van der Waals surface area contributed by atoms with Gasteiger partial charge in [-0.1, -0.05) is 12.1 Å². The van der Waals surface area contributed by atoms with Crippen molar-refractivity contribution in [1.82, 2.24) is 0 Å². The maximum absolute atomic E-state index is 11.5. The lowest BCUT2D eigenvalue weighted by atomic mass is 10.3. The zero-order valence-electron chi connectivity index (χ0n) is 7.10. The standard InChI is InChI=1S/C9H10NO2S/c11-7-10-5-6-13(12)9-4-2-1-3-8(9)10/h1-4H,5-7H2. The molecule has 0 N–H and O–H groups in total. The Balaban J connectivity index is 2.42. The molecule has 4 heteroatoms. The van der Waals surface area contributed by atoms with E-state index in [1.807, 2.05) is 24.3 Å². The highest BCUT2D eigenvalue weighted by Crippen LogP contribution is 2.29. The van der Waals surface area contributed by atoms with Crippen LogP contribution in [-0.4, -0.2) is 23.6 Å². The Kier molecular flexibility index (Phi) is 2.44. The monoisotopic (exact) mass is 196 g/mol. The first kappa shape index (κ1) is 8.87. The number of anilines is 1. The van der Waals surface area contributed by atoms with Crippen molar-refractivity contribution >= 4 is 16.9 Å². The van der Waals surface area contributed by atoms with Gasteiger partial charge in [-0.3, -0.25) is 0 Å². The summed E-state index contributed by atoms with van der Waals surface area (Å²) in [5.74, 6) is 0.569. The largest absolute Gasteiger partial charge is 0.611 e. The molecule has 1 aliphatic rings. The van der Waals surface area contributed by atoms with Gasteiger partial charge in [0.25, 0.3) is 0 Å². The summed E-state index contributed by atoms with van der Waals surface area (Å²) in [4.78, 5) is 2.51. The van der Waals surface area contributed by atoms with Gasteiger partial charge < -0.3 is 9.45 Å². The van der Waals surface area contributed by atoms with Crippen LogP contribution in [0.1, 0.15) is 0 Å². The van der Waals surface area contributed by atoms with Gasteiger partial charge in [-0.25, -0.2) is 5.11 Å². The van der Waals surface area contributed by atoms with Gasteiger partial charge in [0, 0.05) is 0 Å². The van der Waals surface area contributed by atoms with Crippen molar-refractivity contribution in [2.45, 2.75) is 4.90 Å². The minimum absolute atomic E-state index is 0.256. The Bertz CT molecular complexity index is 305. The molecule has 2 rings (SSSR count). The fourth-order valence-electron chi connectivity index (χ4n) is 1.47. The highest BCUT2D eigenvalue weighted by atomic mass is 32.2. The molecule has 1 aromatic carbocycles. The Morgan fingerprint density at radius 3 is 3.00 bits per heavy atom. The number of rotatable bonds is 1. The quantitative estimate of drug-likeness (QED) is 0.629. The SMILES string of the molecule is [O]CN1CC[S+]([O-])c2ccccc21. The van der Waals surface area contributed by atoms with E-state index in [0.717, 1.165) is 10.6 Å². The second-order valence-electron chi connectivity index (χ2n) is 2.91. The zero-order chi connectivity index (χ0) is 9.26. The summed E-state index contributed by atoms with van der Waals surface area (Å²) in [7, 11) is 0. The third-order valence-electron chi connectivity index (χ3n) is 2.15. The van der Waals surface area contributed by atoms with Gasteiger partial charge in [0.15, 0.2) is 11.6 Å². The molecule has 0 fully saturated rings. The molecule has 0 spiro atoms. The third kappa shape index (κ3) is 1.52. The molecular formula is C9H10NO2S. The van der Waals surface area contributed by atoms with Crippen molar-refractivity contribution in [2.75, 3.05) is 23.9 Å². The first-order valence-electron chi connectivity index (χ1n) is 4.13. The number of hydrogen-bond donors (Lipinski definition) is 0. The minimum atomic E-state index is -0.918. The fraction of sp³-hybridized carbons (Fsp3) is 0.333. The van der Waals surface area contributed by atoms with Gasteiger partial charge in [0.05, 0.1) is 12.2 Å². The van der Waals surface area contributed by atoms with Gasteiger partial charge in [-0.2, -0.15) is 0 Å². The first-order valence-corrected chi connectivity index (χ1v) is 5.45. The van der Waals surface area contributed by atoms with Crippen molar-refractivity contribution in [3.8, 4) is 0 Å². The summed E-state index contributed by atoms with van der Waals surface area (Å²) < 4.78 is 11.5. The van der Waals surface area contributed by atoms with Crippen LogP contribution in [0.25, 0.3) is 0 Å². The summed E-state index contributed by atoms with van der Waals surface area (Å²) in [6, 6.07) is 7.40. The van der Waals surface area contributed by atoms with Crippen LogP contribution in [0.4, 0.5) is 5.69 Å². The molecule has 69 valence electrons. The van der Waals surface area contributed by atoms with Crippen LogP contribution in [0.5, 0.6) is 0 Å². The number of para-hydroxylation sites is 1. The Hall–Kier alpha value is -0.710. The van der Waals surface area contributed by atoms with E-state index in [4.69, 9.17) is 0 Å². The van der Waals surface area contributed by atoms with Gasteiger partial charge in [-0.15, -0.1) is 0 Å². The molecular weight excluding hydrogens is 186 g/mol. The lowest BCUT2D eigenvalue weighted by Gasteiger charge is -2.28. The minimum Gasteiger partial charge on any atom is -0.611 e. The summed E-state index contributed by atoms with van der Waals surface area (Å²) in [6.07, 6.45) is 0. The topological polar surface area (TPSA) is 46.2 Å². The van der Waals surface area contributed by atoms with E-state index in [-0.39, 0.29) is 6.73 Å². The number of fused-ring (bicyclic) bond motifs is 1. The summed E-state index contributed by atoms with van der Waals surface area (Å²) in [5.41, 5.74) is 0.835. The van der Waals surface area contributed by atoms with Crippen LogP contribution in [0.15, 0.2) is 29.2 Å². The maximum Gasteiger partial charge on any atom is 0.176 e. The summed E-state index contributed by atoms with van der Waals surface area (Å²) >= 11 is -0.918. The second kappa shape index (κ2) is 3.57. The van der Waals surface area contributed by atoms with Crippen molar-refractivity contribution in [3.63, 3.8) is 0 Å². The lowest BCUT2D eigenvalue weighted by molar-refractivity contribution is 0.192. The van der Waals surface area contributed by atoms with Gasteiger partial charge >= 0.3 is 0 Å². The molecule has 0 aromatic heterocycles. The molecule has 0 aliphatic carbocycles. The van der Waals surface area contributed by atoms with E-state index in [9.17, 15) is 9.66 Å². The molecule has 1 heterocycles. The highest BCUT2D eigenvalue weighted by molar-refractivity contribution is 7.91. The number of nitrogens with zero attached hydrogens (tertiary/aromatic N) is 1. The molecule has 0 saturated carbocycles. The average molecular weight is 196 g/mol. The van der Waals surface area contributed by atoms with Gasteiger partial charge in [0.1, 0.15) is 5.75 Å². The fourth-order valence-corrected chi connectivity index (χ4v) is 2.74. The predicted molar refractivity (Wildman–Crippen MR) is 50.6 cm³/mol. The van der Waals surface area contributed by atoms with Crippen LogP contribution in [0.2, 0.25) is 0 Å². The Labute approximate surface area is 80.2 Å². The Morgan fingerprint density at radius 1 is 1.46 bits per heavy atom. The van der Waals surface area contributed by atoms with E-state index >= 15 is 0 Å². The van der Waals surface area contributed by atoms with Crippen LogP contribution >= 0.6 is 0 Å². The maximum atomic E-state index is 11.5. The number of benzene rings is 1. The van der Waals surface area contributed by atoms with E-state index in [1.54, 1.807) is 4.90 Å². The van der Waals surface area contributed by atoms with E-state index in [2.05, 4.69) is 0 Å². The van der Waals surface area contributed by atoms with E-state index < -0.39 is 11.2 Å². The van der Waals surface area contributed by atoms with Crippen molar-refractivity contribution in [3.05, 3.63) is 24.3 Å². The van der Waals surface area contributed by atoms with Crippen molar-refractivity contribution < 1.29 is 9.66 Å². The molecule has 1 unspecified atom stereocenters. The van der Waals surface area contributed by atoms with E-state index in [0.29, 0.717) is 12.3 Å². The summed E-state index contributed by atoms with van der Waals surface area (Å²) in [5, 5.41) is 10.8. The third-order valence-corrected chi connectivity index (χ3v) is 3.54. The van der Waals surface area contributed by atoms with Gasteiger partial charge in [-0.05, 0) is 23.3 Å². The molecule has 3 nitrogen and oxygen atoms in total. The van der Waals surface area contributed by atoms with Crippen LogP contribution in [0, 0.1) is 0 Å². The smallest absolute Gasteiger partial charge is 0.176 e. The molecule has 1 aliphatic heterocycles. The van der Waals surface area contributed by atoms with Crippen molar-refractivity contribution in [2.24, 2.45) is 0 Å². The van der Waals surface area contributed by atoms with Crippen LogP contribution in [0.3, 0.4) is 0 Å². The van der Waals surface area contributed by atoms with Gasteiger partial charge in [0.2, 0.25) is 0 Å². The molecule has 13 heavy (non-hydrogen) atoms. The average Bonchev–Trinajstić information content (AvgIpc) is 2.19.